The normalized spacial score (nSPS) is 24.0. The minimum atomic E-state index is -0.368. The summed E-state index contributed by atoms with van der Waals surface area (Å²) in [7, 11) is 0. The number of hydrogen-bond donors (Lipinski definition) is 3. The molecule has 2 aliphatic rings. The van der Waals surface area contributed by atoms with Gasteiger partial charge < -0.3 is 10.6 Å². The van der Waals surface area contributed by atoms with Gasteiger partial charge in [0, 0.05) is 24.4 Å². The van der Waals surface area contributed by atoms with Crippen molar-refractivity contribution in [2.75, 3.05) is 26.2 Å². The number of rotatable bonds is 4. The number of H-pyrrole nitrogens is 1. The van der Waals surface area contributed by atoms with Gasteiger partial charge in [0.1, 0.15) is 6.04 Å². The van der Waals surface area contributed by atoms with Crippen LogP contribution in [0.5, 0.6) is 0 Å². The lowest BCUT2D eigenvalue weighted by atomic mass is 9.94. The highest BCUT2D eigenvalue weighted by Crippen LogP contribution is 2.25. The van der Waals surface area contributed by atoms with E-state index < -0.39 is 0 Å². The van der Waals surface area contributed by atoms with Crippen molar-refractivity contribution in [2.24, 2.45) is 0 Å². The molecule has 1 atom stereocenters. The summed E-state index contributed by atoms with van der Waals surface area (Å²) in [5.41, 5.74) is 1.18. The summed E-state index contributed by atoms with van der Waals surface area (Å²) in [5, 5.41) is 12.8. The third-order valence-electron chi connectivity index (χ3n) is 4.79. The average Bonchev–Trinajstić information content (AvgIpc) is 3.01. The quantitative estimate of drug-likeness (QED) is 0.748. The zero-order valence-corrected chi connectivity index (χ0v) is 13.4. The van der Waals surface area contributed by atoms with Crippen molar-refractivity contribution in [3.05, 3.63) is 18.0 Å². The molecule has 0 unspecified atom stereocenters. The number of carbonyl (C=O) groups excluding carboxylic acids is 2. The zero-order valence-electron chi connectivity index (χ0n) is 13.4. The standard InChI is InChI=1S/C16H25N5O2/c22-15(19-14-3-1-2-7-17-16(14)23)11-21-9-5-12(6-10-21)13-4-8-18-20-13/h4,8,12,14H,1-3,5-7,9-11H2,(H,17,23)(H,18,20)(H,19,22)/t14-/m0/s1. The van der Waals surface area contributed by atoms with Gasteiger partial charge in [-0.1, -0.05) is 0 Å². The molecule has 7 heteroatoms. The molecule has 2 aliphatic heterocycles. The van der Waals surface area contributed by atoms with Crippen molar-refractivity contribution in [1.82, 2.24) is 25.7 Å². The summed E-state index contributed by atoms with van der Waals surface area (Å²) < 4.78 is 0. The molecule has 0 saturated carbocycles. The van der Waals surface area contributed by atoms with Crippen LogP contribution in [0.1, 0.15) is 43.7 Å². The summed E-state index contributed by atoms with van der Waals surface area (Å²) in [6.45, 7) is 2.88. The van der Waals surface area contributed by atoms with Gasteiger partial charge in [-0.3, -0.25) is 19.6 Å². The predicted octanol–water partition coefficient (Wildman–Crippen LogP) is 0.374. The largest absolute Gasteiger partial charge is 0.354 e. The Labute approximate surface area is 136 Å². The van der Waals surface area contributed by atoms with Crippen LogP contribution >= 0.6 is 0 Å². The number of piperidine rings is 1. The number of hydrogen-bond acceptors (Lipinski definition) is 4. The Kier molecular flexibility index (Phi) is 5.27. The number of aromatic nitrogens is 2. The van der Waals surface area contributed by atoms with Crippen molar-refractivity contribution in [2.45, 2.75) is 44.1 Å². The lowest BCUT2D eigenvalue weighted by Gasteiger charge is -2.31. The van der Waals surface area contributed by atoms with Crippen LogP contribution in [-0.4, -0.2) is 59.1 Å². The molecule has 0 radical (unpaired) electrons. The first-order chi connectivity index (χ1) is 11.2. The lowest BCUT2D eigenvalue weighted by molar-refractivity contribution is -0.129. The highest BCUT2D eigenvalue weighted by Gasteiger charge is 2.25. The minimum Gasteiger partial charge on any atom is -0.354 e. The Morgan fingerprint density at radius 3 is 2.87 bits per heavy atom. The van der Waals surface area contributed by atoms with Gasteiger partial charge in [-0.25, -0.2) is 0 Å². The Morgan fingerprint density at radius 2 is 2.13 bits per heavy atom. The number of carbonyl (C=O) groups is 2. The molecule has 0 bridgehead atoms. The van der Waals surface area contributed by atoms with Crippen molar-refractivity contribution in [3.63, 3.8) is 0 Å². The van der Waals surface area contributed by atoms with E-state index >= 15 is 0 Å². The molecule has 7 nitrogen and oxygen atoms in total. The Hall–Kier alpha value is -1.89. The fourth-order valence-corrected chi connectivity index (χ4v) is 3.42. The van der Waals surface area contributed by atoms with Gasteiger partial charge in [0.25, 0.3) is 0 Å². The van der Waals surface area contributed by atoms with E-state index in [4.69, 9.17) is 0 Å². The fourth-order valence-electron chi connectivity index (χ4n) is 3.42. The van der Waals surface area contributed by atoms with Gasteiger partial charge >= 0.3 is 0 Å². The van der Waals surface area contributed by atoms with E-state index in [1.54, 1.807) is 6.20 Å². The maximum Gasteiger partial charge on any atom is 0.242 e. The Bertz CT molecular complexity index is 523. The molecule has 1 aromatic heterocycles. The lowest BCUT2D eigenvalue weighted by Crippen LogP contribution is -2.49. The summed E-state index contributed by atoms with van der Waals surface area (Å²) in [6.07, 6.45) is 6.53. The van der Waals surface area contributed by atoms with E-state index in [1.165, 1.54) is 5.69 Å². The summed E-state index contributed by atoms with van der Waals surface area (Å²) >= 11 is 0. The maximum absolute atomic E-state index is 12.2. The summed E-state index contributed by atoms with van der Waals surface area (Å²) in [4.78, 5) is 26.2. The van der Waals surface area contributed by atoms with E-state index in [0.29, 0.717) is 19.0 Å². The van der Waals surface area contributed by atoms with E-state index in [2.05, 4.69) is 25.7 Å². The number of nitrogens with one attached hydrogen (secondary N) is 3. The number of amides is 2. The van der Waals surface area contributed by atoms with Crippen LogP contribution in [0, 0.1) is 0 Å². The molecule has 2 saturated heterocycles. The van der Waals surface area contributed by atoms with Gasteiger partial charge in [0.15, 0.2) is 0 Å². The Balaban J connectivity index is 1.43. The second-order valence-corrected chi connectivity index (χ2v) is 6.47. The fraction of sp³-hybridized carbons (Fsp3) is 0.688. The molecule has 0 aromatic carbocycles. The molecule has 0 spiro atoms. The third-order valence-corrected chi connectivity index (χ3v) is 4.79. The van der Waals surface area contributed by atoms with Gasteiger partial charge in [0.05, 0.1) is 6.54 Å². The topological polar surface area (TPSA) is 90.1 Å². The molecule has 0 aliphatic carbocycles. The van der Waals surface area contributed by atoms with Crippen LogP contribution in [0.4, 0.5) is 0 Å². The van der Waals surface area contributed by atoms with E-state index in [1.807, 2.05) is 6.07 Å². The van der Waals surface area contributed by atoms with Crippen LogP contribution in [-0.2, 0) is 9.59 Å². The minimum absolute atomic E-state index is 0.0474. The van der Waals surface area contributed by atoms with Crippen molar-refractivity contribution >= 4 is 11.8 Å². The van der Waals surface area contributed by atoms with Crippen LogP contribution in [0.2, 0.25) is 0 Å². The monoisotopic (exact) mass is 319 g/mol. The molecule has 1 aromatic rings. The van der Waals surface area contributed by atoms with E-state index in [-0.39, 0.29) is 17.9 Å². The van der Waals surface area contributed by atoms with Gasteiger partial charge in [-0.2, -0.15) is 5.10 Å². The number of aromatic amines is 1. The van der Waals surface area contributed by atoms with Gasteiger partial charge in [0.2, 0.25) is 11.8 Å². The van der Waals surface area contributed by atoms with Crippen LogP contribution in [0.3, 0.4) is 0 Å². The highest BCUT2D eigenvalue weighted by atomic mass is 16.2. The average molecular weight is 319 g/mol. The highest BCUT2D eigenvalue weighted by molar-refractivity contribution is 5.88. The molecule has 2 amide bonds. The number of likely N-dealkylation sites (tertiary alicyclic amines) is 1. The smallest absolute Gasteiger partial charge is 0.242 e. The number of nitrogens with zero attached hydrogens (tertiary/aromatic N) is 2. The van der Waals surface area contributed by atoms with E-state index in [9.17, 15) is 9.59 Å². The first kappa shape index (κ1) is 16.0. The first-order valence-electron chi connectivity index (χ1n) is 8.51. The molecule has 3 heterocycles. The van der Waals surface area contributed by atoms with Crippen molar-refractivity contribution < 1.29 is 9.59 Å². The second kappa shape index (κ2) is 7.59. The SMILES string of the molecule is O=C(CN1CCC(c2ccn[nH]2)CC1)N[C@H]1CCCCNC1=O. The molecule has 126 valence electrons. The zero-order chi connectivity index (χ0) is 16.1. The third kappa shape index (κ3) is 4.31. The molecular weight excluding hydrogens is 294 g/mol. The van der Waals surface area contributed by atoms with Gasteiger partial charge in [-0.05, 0) is 51.3 Å². The second-order valence-electron chi connectivity index (χ2n) is 6.47. The molecular formula is C16H25N5O2. The molecule has 2 fully saturated rings. The summed E-state index contributed by atoms with van der Waals surface area (Å²) in [6, 6.07) is 1.66. The summed E-state index contributed by atoms with van der Waals surface area (Å²) in [5.74, 6) is 0.408. The van der Waals surface area contributed by atoms with Crippen molar-refractivity contribution in [3.8, 4) is 0 Å². The maximum atomic E-state index is 12.2. The van der Waals surface area contributed by atoms with Gasteiger partial charge in [-0.15, -0.1) is 0 Å². The Morgan fingerprint density at radius 1 is 1.30 bits per heavy atom. The molecule has 3 N–H and O–H groups in total. The molecule has 3 rings (SSSR count). The predicted molar refractivity (Wildman–Crippen MR) is 85.8 cm³/mol. The first-order valence-corrected chi connectivity index (χ1v) is 8.51. The molecule has 23 heavy (non-hydrogen) atoms. The van der Waals surface area contributed by atoms with Crippen LogP contribution in [0.25, 0.3) is 0 Å². The van der Waals surface area contributed by atoms with Crippen LogP contribution < -0.4 is 10.6 Å². The van der Waals surface area contributed by atoms with E-state index in [0.717, 1.165) is 45.2 Å². The van der Waals surface area contributed by atoms with Crippen molar-refractivity contribution in [1.29, 1.82) is 0 Å². The van der Waals surface area contributed by atoms with Crippen LogP contribution in [0.15, 0.2) is 12.3 Å².